The van der Waals surface area contributed by atoms with E-state index in [4.69, 9.17) is 5.73 Å². The van der Waals surface area contributed by atoms with Crippen LogP contribution in [0.3, 0.4) is 0 Å². The smallest absolute Gasteiger partial charge is 0.137 e. The van der Waals surface area contributed by atoms with Gasteiger partial charge in [0.05, 0.1) is 0 Å². The number of nitrogen functional groups attached to an aromatic ring is 1. The molecule has 15 heavy (non-hydrogen) atoms. The lowest BCUT2D eigenvalue weighted by Gasteiger charge is -2.20. The third kappa shape index (κ3) is 2.99. The summed E-state index contributed by atoms with van der Waals surface area (Å²) in [5, 5.41) is 0. The Hall–Kier alpha value is -0.970. The average Bonchev–Trinajstić information content (AvgIpc) is 2.19. The fraction of sp³-hybridized carbons (Fsp3) is 0.600. The average molecular weight is 226 g/mol. The summed E-state index contributed by atoms with van der Waals surface area (Å²) in [5.41, 5.74) is 6.77. The zero-order valence-corrected chi connectivity index (χ0v) is 10.6. The molecule has 0 spiro atoms. The SMILES string of the molecule is CSCCN(C)c1nc(C)nc(N)c1C. The minimum atomic E-state index is 0.577. The van der Waals surface area contributed by atoms with Crippen LogP contribution >= 0.6 is 11.8 Å². The fourth-order valence-electron chi connectivity index (χ4n) is 1.34. The lowest BCUT2D eigenvalue weighted by molar-refractivity contribution is 0.909. The predicted octanol–water partition coefficient (Wildman–Crippen LogP) is 1.47. The van der Waals surface area contributed by atoms with E-state index in [2.05, 4.69) is 21.1 Å². The highest BCUT2D eigenvalue weighted by Gasteiger charge is 2.10. The van der Waals surface area contributed by atoms with Crippen molar-refractivity contribution >= 4 is 23.4 Å². The van der Waals surface area contributed by atoms with Crippen molar-refractivity contribution in [3.05, 3.63) is 11.4 Å². The Bertz CT molecular complexity index is 340. The number of anilines is 2. The number of aryl methyl sites for hydroxylation is 1. The summed E-state index contributed by atoms with van der Waals surface area (Å²) >= 11 is 1.82. The molecule has 1 rings (SSSR count). The second kappa shape index (κ2) is 5.21. The van der Waals surface area contributed by atoms with Crippen LogP contribution in [-0.2, 0) is 0 Å². The van der Waals surface area contributed by atoms with Crippen molar-refractivity contribution in [2.75, 3.05) is 36.2 Å². The molecule has 0 atom stereocenters. The Morgan fingerprint density at radius 3 is 2.60 bits per heavy atom. The monoisotopic (exact) mass is 226 g/mol. The van der Waals surface area contributed by atoms with E-state index in [1.807, 2.05) is 32.7 Å². The van der Waals surface area contributed by atoms with Crippen LogP contribution in [0.5, 0.6) is 0 Å². The van der Waals surface area contributed by atoms with Gasteiger partial charge in [-0.25, -0.2) is 9.97 Å². The lowest BCUT2D eigenvalue weighted by atomic mass is 10.3. The van der Waals surface area contributed by atoms with E-state index < -0.39 is 0 Å². The van der Waals surface area contributed by atoms with Gasteiger partial charge in [-0.15, -0.1) is 0 Å². The van der Waals surface area contributed by atoms with Crippen molar-refractivity contribution in [1.82, 2.24) is 9.97 Å². The summed E-state index contributed by atoms with van der Waals surface area (Å²) in [7, 11) is 2.03. The van der Waals surface area contributed by atoms with E-state index in [0.29, 0.717) is 5.82 Å². The molecule has 0 amide bonds. The van der Waals surface area contributed by atoms with Crippen LogP contribution in [0.2, 0.25) is 0 Å². The van der Waals surface area contributed by atoms with Gasteiger partial charge in [0.15, 0.2) is 0 Å². The van der Waals surface area contributed by atoms with E-state index in [0.717, 1.165) is 29.5 Å². The molecule has 1 heterocycles. The van der Waals surface area contributed by atoms with Crippen molar-refractivity contribution in [3.63, 3.8) is 0 Å². The molecular formula is C10H18N4S. The molecule has 0 aromatic carbocycles. The Balaban J connectivity index is 2.92. The number of nitrogens with two attached hydrogens (primary N) is 1. The first-order valence-corrected chi connectivity index (χ1v) is 6.26. The third-order valence-corrected chi connectivity index (χ3v) is 2.85. The summed E-state index contributed by atoms with van der Waals surface area (Å²) in [6.45, 7) is 4.79. The molecular weight excluding hydrogens is 208 g/mol. The van der Waals surface area contributed by atoms with Crippen molar-refractivity contribution in [2.24, 2.45) is 0 Å². The van der Waals surface area contributed by atoms with Crippen LogP contribution in [0.15, 0.2) is 0 Å². The Morgan fingerprint density at radius 2 is 2.00 bits per heavy atom. The summed E-state index contributed by atoms with van der Waals surface area (Å²) in [6, 6.07) is 0. The standard InChI is InChI=1S/C10H18N4S/c1-7-9(11)12-8(2)13-10(7)14(3)5-6-15-4/h5-6H2,1-4H3,(H2,11,12,13). The Labute approximate surface area is 95.3 Å². The van der Waals surface area contributed by atoms with Gasteiger partial charge >= 0.3 is 0 Å². The molecule has 0 saturated heterocycles. The minimum absolute atomic E-state index is 0.577. The maximum atomic E-state index is 5.80. The van der Waals surface area contributed by atoms with Crippen molar-refractivity contribution in [1.29, 1.82) is 0 Å². The van der Waals surface area contributed by atoms with Gasteiger partial charge < -0.3 is 10.6 Å². The number of rotatable bonds is 4. The molecule has 0 bridgehead atoms. The Kier molecular flexibility index (Phi) is 4.20. The van der Waals surface area contributed by atoms with Crippen LogP contribution in [0.4, 0.5) is 11.6 Å². The first-order valence-electron chi connectivity index (χ1n) is 4.87. The predicted molar refractivity (Wildman–Crippen MR) is 67.6 cm³/mol. The molecule has 84 valence electrons. The van der Waals surface area contributed by atoms with Crippen LogP contribution < -0.4 is 10.6 Å². The molecule has 0 unspecified atom stereocenters. The fourth-order valence-corrected chi connectivity index (χ4v) is 1.80. The summed E-state index contributed by atoms with van der Waals surface area (Å²) < 4.78 is 0. The first-order chi connectivity index (χ1) is 7.06. The molecule has 0 aliphatic carbocycles. The van der Waals surface area contributed by atoms with E-state index in [-0.39, 0.29) is 0 Å². The number of nitrogens with zero attached hydrogens (tertiary/aromatic N) is 3. The number of hydrogen-bond acceptors (Lipinski definition) is 5. The number of thioether (sulfide) groups is 1. The highest BCUT2D eigenvalue weighted by molar-refractivity contribution is 7.98. The second-order valence-electron chi connectivity index (χ2n) is 3.52. The maximum absolute atomic E-state index is 5.80. The van der Waals surface area contributed by atoms with Crippen LogP contribution in [0, 0.1) is 13.8 Å². The molecule has 4 nitrogen and oxygen atoms in total. The van der Waals surface area contributed by atoms with Crippen LogP contribution in [-0.4, -0.2) is 35.6 Å². The van der Waals surface area contributed by atoms with E-state index in [9.17, 15) is 0 Å². The van der Waals surface area contributed by atoms with Crippen molar-refractivity contribution in [2.45, 2.75) is 13.8 Å². The number of aromatic nitrogens is 2. The van der Waals surface area contributed by atoms with E-state index in [1.165, 1.54) is 0 Å². The Morgan fingerprint density at radius 1 is 1.33 bits per heavy atom. The van der Waals surface area contributed by atoms with Crippen molar-refractivity contribution in [3.8, 4) is 0 Å². The van der Waals surface area contributed by atoms with Crippen molar-refractivity contribution < 1.29 is 0 Å². The normalized spacial score (nSPS) is 10.4. The molecule has 1 aromatic heterocycles. The zero-order valence-electron chi connectivity index (χ0n) is 9.74. The maximum Gasteiger partial charge on any atom is 0.137 e. The summed E-state index contributed by atoms with van der Waals surface area (Å²) in [4.78, 5) is 10.7. The quantitative estimate of drug-likeness (QED) is 0.842. The largest absolute Gasteiger partial charge is 0.383 e. The molecule has 2 N–H and O–H groups in total. The van der Waals surface area contributed by atoms with E-state index in [1.54, 1.807) is 0 Å². The van der Waals surface area contributed by atoms with Gasteiger partial charge in [0, 0.05) is 24.9 Å². The molecule has 5 heteroatoms. The molecule has 0 aliphatic heterocycles. The topological polar surface area (TPSA) is 55.0 Å². The molecule has 0 aliphatic rings. The molecule has 0 saturated carbocycles. The highest BCUT2D eigenvalue weighted by atomic mass is 32.2. The number of hydrogen-bond donors (Lipinski definition) is 1. The zero-order chi connectivity index (χ0) is 11.4. The van der Waals surface area contributed by atoms with Gasteiger partial charge in [-0.3, -0.25) is 0 Å². The van der Waals surface area contributed by atoms with Crippen LogP contribution in [0.1, 0.15) is 11.4 Å². The van der Waals surface area contributed by atoms with Gasteiger partial charge in [0.2, 0.25) is 0 Å². The van der Waals surface area contributed by atoms with Gasteiger partial charge in [-0.05, 0) is 20.1 Å². The van der Waals surface area contributed by atoms with Gasteiger partial charge in [-0.1, -0.05) is 0 Å². The third-order valence-electron chi connectivity index (χ3n) is 2.26. The first kappa shape index (κ1) is 12.1. The van der Waals surface area contributed by atoms with Gasteiger partial charge in [0.25, 0.3) is 0 Å². The molecule has 0 fully saturated rings. The van der Waals surface area contributed by atoms with Gasteiger partial charge in [0.1, 0.15) is 17.5 Å². The molecule has 0 radical (unpaired) electrons. The highest BCUT2D eigenvalue weighted by Crippen LogP contribution is 2.20. The lowest BCUT2D eigenvalue weighted by Crippen LogP contribution is -2.23. The summed E-state index contributed by atoms with van der Waals surface area (Å²) in [5.74, 6) is 3.32. The molecule has 1 aromatic rings. The van der Waals surface area contributed by atoms with E-state index >= 15 is 0 Å². The second-order valence-corrected chi connectivity index (χ2v) is 4.50. The van der Waals surface area contributed by atoms with Gasteiger partial charge in [-0.2, -0.15) is 11.8 Å². The minimum Gasteiger partial charge on any atom is -0.383 e. The van der Waals surface area contributed by atoms with Crippen LogP contribution in [0.25, 0.3) is 0 Å². The summed E-state index contributed by atoms with van der Waals surface area (Å²) in [6.07, 6.45) is 2.10.